The van der Waals surface area contributed by atoms with Gasteiger partial charge in [-0.05, 0) is 36.4 Å². The number of urea groups is 1. The van der Waals surface area contributed by atoms with Crippen molar-refractivity contribution in [3.63, 3.8) is 0 Å². The first-order chi connectivity index (χ1) is 13.3. The zero-order valence-corrected chi connectivity index (χ0v) is 15.8. The molecule has 2 aromatic heterocycles. The highest BCUT2D eigenvalue weighted by atomic mass is 16.5. The maximum Gasteiger partial charge on any atom is 0.324 e. The summed E-state index contributed by atoms with van der Waals surface area (Å²) in [4.78, 5) is 28.1. The van der Waals surface area contributed by atoms with E-state index in [9.17, 15) is 9.59 Å². The third-order valence-electron chi connectivity index (χ3n) is 3.83. The number of aromatic nitrogens is 2. The molecule has 3 amide bonds. The van der Waals surface area contributed by atoms with Crippen LogP contribution in [0.1, 0.15) is 36.9 Å². The van der Waals surface area contributed by atoms with Crippen LogP contribution in [0.5, 0.6) is 0 Å². The minimum absolute atomic E-state index is 0.195. The van der Waals surface area contributed by atoms with Crippen LogP contribution in [0, 0.1) is 0 Å². The fourth-order valence-corrected chi connectivity index (χ4v) is 2.31. The van der Waals surface area contributed by atoms with Crippen molar-refractivity contribution in [2.45, 2.75) is 26.2 Å². The molecular weight excluding hydrogens is 358 g/mol. The zero-order chi connectivity index (χ0) is 20.1. The SMILES string of the molecule is CC(C)(C)c1cc(NC(=O)Nc2ccc(NC(=O)c3ccncc3)cc2)no1. The second-order valence-electron chi connectivity index (χ2n) is 7.17. The molecule has 0 aliphatic carbocycles. The lowest BCUT2D eigenvalue weighted by Gasteiger charge is -2.12. The van der Waals surface area contributed by atoms with Gasteiger partial charge in [0.25, 0.3) is 5.91 Å². The molecule has 8 nitrogen and oxygen atoms in total. The Balaban J connectivity index is 1.56. The van der Waals surface area contributed by atoms with Gasteiger partial charge in [-0.2, -0.15) is 0 Å². The number of pyridine rings is 1. The fourth-order valence-electron chi connectivity index (χ4n) is 2.31. The van der Waals surface area contributed by atoms with E-state index in [1.54, 1.807) is 54.9 Å². The fraction of sp³-hybridized carbons (Fsp3) is 0.200. The molecule has 28 heavy (non-hydrogen) atoms. The Morgan fingerprint density at radius 2 is 1.50 bits per heavy atom. The summed E-state index contributed by atoms with van der Waals surface area (Å²) in [6, 6.07) is 11.3. The van der Waals surface area contributed by atoms with Crippen LogP contribution in [0.15, 0.2) is 59.4 Å². The molecule has 0 saturated heterocycles. The van der Waals surface area contributed by atoms with Crippen molar-refractivity contribution < 1.29 is 14.1 Å². The Labute approximate surface area is 162 Å². The Morgan fingerprint density at radius 3 is 2.07 bits per heavy atom. The van der Waals surface area contributed by atoms with Crippen LogP contribution in [0.2, 0.25) is 0 Å². The Hall–Kier alpha value is -3.68. The summed E-state index contributed by atoms with van der Waals surface area (Å²) in [5.74, 6) is 0.780. The van der Waals surface area contributed by atoms with E-state index in [0.29, 0.717) is 28.5 Å². The van der Waals surface area contributed by atoms with Gasteiger partial charge >= 0.3 is 6.03 Å². The third kappa shape index (κ3) is 4.94. The highest BCUT2D eigenvalue weighted by Gasteiger charge is 2.20. The topological polar surface area (TPSA) is 109 Å². The number of nitrogens with one attached hydrogen (secondary N) is 3. The lowest BCUT2D eigenvalue weighted by Crippen LogP contribution is -2.19. The number of benzene rings is 1. The van der Waals surface area contributed by atoms with Crippen molar-refractivity contribution >= 4 is 29.1 Å². The van der Waals surface area contributed by atoms with Gasteiger partial charge in [0, 0.05) is 40.8 Å². The summed E-state index contributed by atoms with van der Waals surface area (Å²) in [6.07, 6.45) is 3.11. The van der Waals surface area contributed by atoms with Gasteiger partial charge in [0.15, 0.2) is 5.82 Å². The van der Waals surface area contributed by atoms with E-state index in [0.717, 1.165) is 0 Å². The molecule has 3 rings (SSSR count). The molecule has 3 aromatic rings. The monoisotopic (exact) mass is 379 g/mol. The number of rotatable bonds is 4. The lowest BCUT2D eigenvalue weighted by molar-refractivity contribution is 0.102. The van der Waals surface area contributed by atoms with E-state index in [4.69, 9.17) is 4.52 Å². The number of hydrogen-bond acceptors (Lipinski definition) is 5. The highest BCUT2D eigenvalue weighted by molar-refractivity contribution is 6.04. The molecular formula is C20H21N5O3. The molecule has 1 aromatic carbocycles. The molecule has 0 fully saturated rings. The number of carbonyl (C=O) groups excluding carboxylic acids is 2. The third-order valence-corrected chi connectivity index (χ3v) is 3.83. The normalized spacial score (nSPS) is 11.0. The average Bonchev–Trinajstić information content (AvgIpc) is 3.13. The van der Waals surface area contributed by atoms with Gasteiger partial charge in [-0.3, -0.25) is 15.1 Å². The van der Waals surface area contributed by atoms with Crippen LogP contribution in [0.25, 0.3) is 0 Å². The van der Waals surface area contributed by atoms with E-state index in [1.807, 2.05) is 20.8 Å². The Morgan fingerprint density at radius 1 is 0.893 bits per heavy atom. The first-order valence-electron chi connectivity index (χ1n) is 8.68. The second-order valence-corrected chi connectivity index (χ2v) is 7.17. The van der Waals surface area contributed by atoms with E-state index in [1.165, 1.54) is 0 Å². The number of nitrogens with zero attached hydrogens (tertiary/aromatic N) is 2. The summed E-state index contributed by atoms with van der Waals surface area (Å²) in [5, 5.41) is 11.9. The van der Waals surface area contributed by atoms with E-state index in [2.05, 4.69) is 26.1 Å². The molecule has 0 unspecified atom stereocenters. The minimum Gasteiger partial charge on any atom is -0.359 e. The van der Waals surface area contributed by atoms with Crippen molar-refractivity contribution in [1.82, 2.24) is 10.1 Å². The maximum atomic E-state index is 12.1. The van der Waals surface area contributed by atoms with Crippen molar-refractivity contribution in [1.29, 1.82) is 0 Å². The van der Waals surface area contributed by atoms with Gasteiger partial charge in [0.05, 0.1) is 0 Å². The van der Waals surface area contributed by atoms with Gasteiger partial charge in [-0.25, -0.2) is 4.79 Å². The van der Waals surface area contributed by atoms with Crippen molar-refractivity contribution in [3.05, 3.63) is 66.2 Å². The summed E-state index contributed by atoms with van der Waals surface area (Å²) >= 11 is 0. The first kappa shape index (κ1) is 19.1. The van der Waals surface area contributed by atoms with Crippen LogP contribution in [-0.4, -0.2) is 22.1 Å². The Bertz CT molecular complexity index is 960. The number of anilines is 3. The van der Waals surface area contributed by atoms with Crippen LogP contribution in [-0.2, 0) is 5.41 Å². The van der Waals surface area contributed by atoms with Crippen molar-refractivity contribution in [3.8, 4) is 0 Å². The van der Waals surface area contributed by atoms with Crippen LogP contribution in [0.3, 0.4) is 0 Å². The van der Waals surface area contributed by atoms with Crippen molar-refractivity contribution in [2.24, 2.45) is 0 Å². The molecule has 3 N–H and O–H groups in total. The summed E-state index contributed by atoms with van der Waals surface area (Å²) in [7, 11) is 0. The molecule has 8 heteroatoms. The average molecular weight is 379 g/mol. The predicted molar refractivity (Wildman–Crippen MR) is 106 cm³/mol. The molecule has 0 aliphatic rings. The van der Waals surface area contributed by atoms with Gasteiger partial charge in [0.1, 0.15) is 5.76 Å². The van der Waals surface area contributed by atoms with E-state index >= 15 is 0 Å². The summed E-state index contributed by atoms with van der Waals surface area (Å²) in [5.41, 5.74) is 1.50. The highest BCUT2D eigenvalue weighted by Crippen LogP contribution is 2.24. The van der Waals surface area contributed by atoms with E-state index < -0.39 is 6.03 Å². The number of amides is 3. The van der Waals surface area contributed by atoms with E-state index in [-0.39, 0.29) is 11.3 Å². The molecule has 0 spiro atoms. The molecule has 0 bridgehead atoms. The summed E-state index contributed by atoms with van der Waals surface area (Å²) in [6.45, 7) is 5.98. The smallest absolute Gasteiger partial charge is 0.324 e. The number of carbonyl (C=O) groups is 2. The molecule has 2 heterocycles. The van der Waals surface area contributed by atoms with Crippen LogP contribution in [0.4, 0.5) is 22.0 Å². The quantitative estimate of drug-likeness (QED) is 0.627. The summed E-state index contributed by atoms with van der Waals surface area (Å²) < 4.78 is 5.23. The van der Waals surface area contributed by atoms with Gasteiger partial charge in [0.2, 0.25) is 0 Å². The maximum absolute atomic E-state index is 12.1. The van der Waals surface area contributed by atoms with Crippen molar-refractivity contribution in [2.75, 3.05) is 16.0 Å². The zero-order valence-electron chi connectivity index (χ0n) is 15.8. The van der Waals surface area contributed by atoms with Crippen LogP contribution < -0.4 is 16.0 Å². The van der Waals surface area contributed by atoms with Crippen LogP contribution >= 0.6 is 0 Å². The Kier molecular flexibility index (Phi) is 5.39. The standard InChI is InChI=1S/C20H21N5O3/c1-20(2,3)16-12-17(25-28-16)24-19(27)23-15-6-4-14(5-7-15)22-18(26)13-8-10-21-11-9-13/h4-12H,1-3H3,(H,22,26)(H2,23,24,25,27). The minimum atomic E-state index is -0.442. The molecule has 0 radical (unpaired) electrons. The molecule has 0 saturated carbocycles. The second kappa shape index (κ2) is 7.91. The van der Waals surface area contributed by atoms with Gasteiger partial charge in [-0.1, -0.05) is 25.9 Å². The molecule has 144 valence electrons. The largest absolute Gasteiger partial charge is 0.359 e. The van der Waals surface area contributed by atoms with Gasteiger partial charge in [-0.15, -0.1) is 0 Å². The molecule has 0 atom stereocenters. The predicted octanol–water partition coefficient (Wildman–Crippen LogP) is 4.26. The van der Waals surface area contributed by atoms with Gasteiger partial charge < -0.3 is 15.2 Å². The number of hydrogen-bond donors (Lipinski definition) is 3. The lowest BCUT2D eigenvalue weighted by atomic mass is 9.93. The first-order valence-corrected chi connectivity index (χ1v) is 8.68. The molecule has 0 aliphatic heterocycles.